The lowest BCUT2D eigenvalue weighted by molar-refractivity contribution is -0.120. The van der Waals surface area contributed by atoms with E-state index in [4.69, 9.17) is 5.73 Å². The normalized spacial score (nSPS) is 15.8. The molecule has 0 spiro atoms. The number of fused-ring (bicyclic) bond motifs is 1. The number of rotatable bonds is 9. The summed E-state index contributed by atoms with van der Waals surface area (Å²) in [4.78, 5) is 39.8. The summed E-state index contributed by atoms with van der Waals surface area (Å²) in [7, 11) is 0. The first-order valence-electron chi connectivity index (χ1n) is 11.2. The molecule has 2 aromatic carbocycles. The van der Waals surface area contributed by atoms with E-state index in [2.05, 4.69) is 10.6 Å². The number of carbonyl (C=O) groups is 3. The van der Waals surface area contributed by atoms with Gasteiger partial charge in [-0.15, -0.1) is 0 Å². The van der Waals surface area contributed by atoms with Crippen LogP contribution < -0.4 is 21.3 Å². The van der Waals surface area contributed by atoms with Gasteiger partial charge in [-0.2, -0.15) is 0 Å². The van der Waals surface area contributed by atoms with E-state index < -0.39 is 6.04 Å². The lowest BCUT2D eigenvalue weighted by atomic mass is 10.0. The number of anilines is 3. The third-order valence-corrected chi connectivity index (χ3v) is 5.54. The van der Waals surface area contributed by atoms with Crippen LogP contribution in [0.2, 0.25) is 0 Å². The van der Waals surface area contributed by atoms with Crippen LogP contribution in [0, 0.1) is 5.92 Å². The topological polar surface area (TPSA) is 105 Å². The van der Waals surface area contributed by atoms with Gasteiger partial charge < -0.3 is 21.3 Å². The fourth-order valence-electron chi connectivity index (χ4n) is 3.92. The molecule has 0 bridgehead atoms. The van der Waals surface area contributed by atoms with Crippen molar-refractivity contribution in [3.05, 3.63) is 54.1 Å². The van der Waals surface area contributed by atoms with Gasteiger partial charge in [-0.05, 0) is 49.4 Å². The molecule has 1 atom stereocenters. The number of hydrogen-bond acceptors (Lipinski definition) is 4. The van der Waals surface area contributed by atoms with Crippen LogP contribution in [-0.4, -0.2) is 30.3 Å². The minimum atomic E-state index is -0.531. The van der Waals surface area contributed by atoms with E-state index in [0.717, 1.165) is 12.8 Å². The molecule has 3 rings (SSSR count). The quantitative estimate of drug-likeness (QED) is 0.409. The number of unbranched alkanes of at least 4 members (excludes halogenated alkanes) is 2. The maximum absolute atomic E-state index is 13.2. The monoisotopic (exact) mass is 436 g/mol. The first-order chi connectivity index (χ1) is 15.4. The van der Waals surface area contributed by atoms with Crippen molar-refractivity contribution in [2.75, 3.05) is 22.5 Å². The predicted molar refractivity (Wildman–Crippen MR) is 127 cm³/mol. The third kappa shape index (κ3) is 5.87. The number of nitrogen functional groups attached to an aromatic ring is 1. The molecule has 1 aliphatic rings. The van der Waals surface area contributed by atoms with Gasteiger partial charge in [-0.3, -0.25) is 14.4 Å². The van der Waals surface area contributed by atoms with Gasteiger partial charge in [-0.25, -0.2) is 0 Å². The van der Waals surface area contributed by atoms with Crippen molar-refractivity contribution in [2.45, 2.75) is 52.0 Å². The number of nitrogens with zero attached hydrogens (tertiary/aromatic N) is 1. The molecule has 0 saturated heterocycles. The van der Waals surface area contributed by atoms with Gasteiger partial charge in [0.2, 0.25) is 11.8 Å². The summed E-state index contributed by atoms with van der Waals surface area (Å²) in [5.41, 5.74) is 8.20. The van der Waals surface area contributed by atoms with Crippen LogP contribution in [0.25, 0.3) is 0 Å². The molecule has 2 aromatic rings. The van der Waals surface area contributed by atoms with Crippen LogP contribution in [0.1, 0.15) is 56.3 Å². The van der Waals surface area contributed by atoms with Crippen LogP contribution in [0.15, 0.2) is 48.5 Å². The number of benzene rings is 2. The average molecular weight is 437 g/mol. The largest absolute Gasteiger partial charge is 0.397 e. The molecule has 1 aliphatic heterocycles. The van der Waals surface area contributed by atoms with Crippen molar-refractivity contribution in [2.24, 2.45) is 5.92 Å². The van der Waals surface area contributed by atoms with Crippen molar-refractivity contribution in [3.63, 3.8) is 0 Å². The van der Waals surface area contributed by atoms with E-state index in [-0.39, 0.29) is 23.6 Å². The first kappa shape index (κ1) is 23.3. The Morgan fingerprint density at radius 1 is 1.06 bits per heavy atom. The molecule has 7 nitrogen and oxygen atoms in total. The van der Waals surface area contributed by atoms with Gasteiger partial charge in [0.25, 0.3) is 5.91 Å². The molecule has 1 heterocycles. The molecule has 170 valence electrons. The Hall–Kier alpha value is -3.35. The first-order valence-corrected chi connectivity index (χ1v) is 11.2. The van der Waals surface area contributed by atoms with E-state index in [1.54, 1.807) is 23.1 Å². The van der Waals surface area contributed by atoms with Gasteiger partial charge in [0.05, 0.1) is 22.6 Å². The van der Waals surface area contributed by atoms with Crippen molar-refractivity contribution in [3.8, 4) is 0 Å². The Labute approximate surface area is 189 Å². The number of nitrogens with one attached hydrogen (secondary N) is 2. The maximum Gasteiger partial charge on any atom is 0.254 e. The highest BCUT2D eigenvalue weighted by Gasteiger charge is 2.33. The number of nitrogens with two attached hydrogens (primary N) is 1. The zero-order chi connectivity index (χ0) is 23.1. The molecular formula is C25H32N4O3. The smallest absolute Gasteiger partial charge is 0.254 e. The van der Waals surface area contributed by atoms with Gasteiger partial charge in [0, 0.05) is 13.0 Å². The number of hydrogen-bond donors (Lipinski definition) is 3. The summed E-state index contributed by atoms with van der Waals surface area (Å²) in [6, 6.07) is 13.9. The summed E-state index contributed by atoms with van der Waals surface area (Å²) < 4.78 is 0. The molecule has 4 N–H and O–H groups in total. The summed E-state index contributed by atoms with van der Waals surface area (Å²) >= 11 is 0. The highest BCUT2D eigenvalue weighted by atomic mass is 16.2. The van der Waals surface area contributed by atoms with Crippen molar-refractivity contribution < 1.29 is 14.4 Å². The standard InChI is InChI=1S/C25H32N4O3/c1-17(2)16-21-25(32)29(22-13-8-5-10-18(22)24(31)28-21)15-9-3-4-14-23(30)27-20-12-7-6-11-19(20)26/h5-8,10-13,17,21H,3-4,9,14-16,26H2,1-2H3,(H,27,30)(H,28,31)/t21-/m1/s1. The highest BCUT2D eigenvalue weighted by molar-refractivity contribution is 6.10. The van der Waals surface area contributed by atoms with E-state index in [1.165, 1.54) is 0 Å². The third-order valence-electron chi connectivity index (χ3n) is 5.54. The van der Waals surface area contributed by atoms with Crippen molar-refractivity contribution in [1.82, 2.24) is 5.32 Å². The predicted octanol–water partition coefficient (Wildman–Crippen LogP) is 3.96. The van der Waals surface area contributed by atoms with E-state index >= 15 is 0 Å². The summed E-state index contributed by atoms with van der Waals surface area (Å²) in [6.07, 6.45) is 3.21. The second-order valence-electron chi connectivity index (χ2n) is 8.61. The zero-order valence-corrected chi connectivity index (χ0v) is 18.8. The van der Waals surface area contributed by atoms with Crippen LogP contribution >= 0.6 is 0 Å². The van der Waals surface area contributed by atoms with E-state index in [1.807, 2.05) is 44.2 Å². The van der Waals surface area contributed by atoms with Crippen molar-refractivity contribution in [1.29, 1.82) is 0 Å². The lowest BCUT2D eigenvalue weighted by Crippen LogP contribution is -2.46. The molecule has 0 aromatic heterocycles. The minimum Gasteiger partial charge on any atom is -0.397 e. The molecule has 7 heteroatoms. The van der Waals surface area contributed by atoms with Gasteiger partial charge in [-0.1, -0.05) is 44.5 Å². The van der Waals surface area contributed by atoms with Crippen LogP contribution in [-0.2, 0) is 9.59 Å². The molecular weight excluding hydrogens is 404 g/mol. The number of para-hydroxylation sites is 3. The lowest BCUT2D eigenvalue weighted by Gasteiger charge is -2.26. The molecule has 0 unspecified atom stereocenters. The Morgan fingerprint density at radius 3 is 2.53 bits per heavy atom. The van der Waals surface area contributed by atoms with E-state index in [0.29, 0.717) is 48.4 Å². The fraction of sp³-hybridized carbons (Fsp3) is 0.400. The van der Waals surface area contributed by atoms with Crippen LogP contribution in [0.3, 0.4) is 0 Å². The van der Waals surface area contributed by atoms with Gasteiger partial charge in [0.1, 0.15) is 6.04 Å². The average Bonchev–Trinajstić information content (AvgIpc) is 2.85. The minimum absolute atomic E-state index is 0.0747. The number of amides is 3. The summed E-state index contributed by atoms with van der Waals surface area (Å²) in [5.74, 6) is -0.0800. The highest BCUT2D eigenvalue weighted by Crippen LogP contribution is 2.26. The molecule has 0 saturated carbocycles. The molecule has 3 amide bonds. The Kier molecular flexibility index (Phi) is 7.87. The molecule has 32 heavy (non-hydrogen) atoms. The summed E-state index contributed by atoms with van der Waals surface area (Å²) in [5, 5.41) is 5.73. The zero-order valence-electron chi connectivity index (χ0n) is 18.8. The van der Waals surface area contributed by atoms with Crippen molar-refractivity contribution >= 4 is 34.8 Å². The summed E-state index contributed by atoms with van der Waals surface area (Å²) in [6.45, 7) is 4.58. The van der Waals surface area contributed by atoms with Crippen LogP contribution in [0.4, 0.5) is 17.1 Å². The van der Waals surface area contributed by atoms with Gasteiger partial charge in [0.15, 0.2) is 0 Å². The Balaban J connectivity index is 1.57. The molecule has 0 aliphatic carbocycles. The molecule has 0 radical (unpaired) electrons. The maximum atomic E-state index is 13.2. The second-order valence-corrected chi connectivity index (χ2v) is 8.61. The Bertz CT molecular complexity index is 973. The number of carbonyl (C=O) groups excluding carboxylic acids is 3. The van der Waals surface area contributed by atoms with Gasteiger partial charge >= 0.3 is 0 Å². The SMILES string of the molecule is CC(C)C[C@H]1NC(=O)c2ccccc2N(CCCCCC(=O)Nc2ccccc2N)C1=O. The fourth-order valence-corrected chi connectivity index (χ4v) is 3.92. The van der Waals surface area contributed by atoms with E-state index in [9.17, 15) is 14.4 Å². The molecule has 0 fully saturated rings. The second kappa shape index (κ2) is 10.8. The Morgan fingerprint density at radius 2 is 1.78 bits per heavy atom. The van der Waals surface area contributed by atoms with Crippen LogP contribution in [0.5, 0.6) is 0 Å².